The van der Waals surface area contributed by atoms with Crippen LogP contribution >= 0.6 is 0 Å². The molecule has 6 nitrogen and oxygen atoms in total. The van der Waals surface area contributed by atoms with Crippen LogP contribution in [0.15, 0.2) is 67.0 Å². The molecule has 3 heterocycles. The second-order valence-electron chi connectivity index (χ2n) is 7.18. The number of nitrogens with one attached hydrogen (secondary N) is 1. The number of amides is 1. The van der Waals surface area contributed by atoms with Gasteiger partial charge < -0.3 is 15.1 Å². The van der Waals surface area contributed by atoms with Crippen molar-refractivity contribution in [2.75, 3.05) is 36.4 Å². The third kappa shape index (κ3) is 4.54. The van der Waals surface area contributed by atoms with Crippen molar-refractivity contribution in [3.8, 4) is 0 Å². The molecule has 3 aromatic rings. The van der Waals surface area contributed by atoms with Crippen molar-refractivity contribution in [3.63, 3.8) is 0 Å². The fourth-order valence-electron chi connectivity index (χ4n) is 3.50. The second-order valence-corrected chi connectivity index (χ2v) is 7.18. The van der Waals surface area contributed by atoms with Crippen LogP contribution in [-0.2, 0) is 6.54 Å². The number of carbonyl (C=O) groups is 1. The van der Waals surface area contributed by atoms with Crippen LogP contribution in [0.5, 0.6) is 0 Å². The first-order chi connectivity index (χ1) is 14.2. The lowest BCUT2D eigenvalue weighted by molar-refractivity contribution is 0.0740. The van der Waals surface area contributed by atoms with E-state index >= 15 is 0 Å². The molecule has 1 saturated heterocycles. The van der Waals surface area contributed by atoms with Crippen molar-refractivity contribution in [2.45, 2.75) is 13.5 Å². The lowest BCUT2D eigenvalue weighted by Gasteiger charge is -2.35. The zero-order valence-corrected chi connectivity index (χ0v) is 16.6. The third-order valence-electron chi connectivity index (χ3n) is 5.26. The normalized spacial score (nSPS) is 14.0. The van der Waals surface area contributed by atoms with E-state index in [1.807, 2.05) is 47.4 Å². The zero-order chi connectivity index (χ0) is 20.1. The molecule has 1 aromatic carbocycles. The lowest BCUT2D eigenvalue weighted by atomic mass is 10.1. The number of hydrogen-bond donors (Lipinski definition) is 1. The highest BCUT2D eigenvalue weighted by atomic mass is 16.2. The highest BCUT2D eigenvalue weighted by molar-refractivity contribution is 5.93. The minimum Gasteiger partial charge on any atom is -0.381 e. The first-order valence-electron chi connectivity index (χ1n) is 9.90. The monoisotopic (exact) mass is 387 g/mol. The van der Waals surface area contributed by atoms with Crippen molar-refractivity contribution in [1.29, 1.82) is 0 Å². The molecule has 1 aliphatic rings. The van der Waals surface area contributed by atoms with E-state index in [2.05, 4.69) is 39.2 Å². The van der Waals surface area contributed by atoms with Gasteiger partial charge in [0.1, 0.15) is 11.5 Å². The van der Waals surface area contributed by atoms with Crippen molar-refractivity contribution < 1.29 is 4.79 Å². The molecule has 1 amide bonds. The number of hydrogen-bond acceptors (Lipinski definition) is 5. The Morgan fingerprint density at radius 2 is 1.76 bits per heavy atom. The van der Waals surface area contributed by atoms with Gasteiger partial charge in [0.05, 0.1) is 0 Å². The first kappa shape index (κ1) is 18.9. The van der Waals surface area contributed by atoms with Crippen LogP contribution in [0.4, 0.5) is 11.5 Å². The van der Waals surface area contributed by atoms with Gasteiger partial charge in [0.25, 0.3) is 5.91 Å². The van der Waals surface area contributed by atoms with E-state index in [-0.39, 0.29) is 5.91 Å². The molecule has 6 heteroatoms. The van der Waals surface area contributed by atoms with Crippen LogP contribution in [0.1, 0.15) is 21.6 Å². The average Bonchev–Trinajstić information content (AvgIpc) is 2.79. The van der Waals surface area contributed by atoms with E-state index in [0.717, 1.165) is 24.6 Å². The maximum absolute atomic E-state index is 12.9. The van der Waals surface area contributed by atoms with Crippen LogP contribution in [0.25, 0.3) is 0 Å². The third-order valence-corrected chi connectivity index (χ3v) is 5.26. The summed E-state index contributed by atoms with van der Waals surface area (Å²) in [7, 11) is 0. The molecule has 29 heavy (non-hydrogen) atoms. The predicted molar refractivity (Wildman–Crippen MR) is 115 cm³/mol. The Morgan fingerprint density at radius 1 is 0.966 bits per heavy atom. The summed E-state index contributed by atoms with van der Waals surface area (Å²) in [5, 5.41) is 3.40. The molecular weight excluding hydrogens is 362 g/mol. The molecule has 0 atom stereocenters. The Balaban J connectivity index is 1.37. The number of anilines is 2. The summed E-state index contributed by atoms with van der Waals surface area (Å²) in [6.07, 6.45) is 3.49. The van der Waals surface area contributed by atoms with Crippen LogP contribution in [0, 0.1) is 6.92 Å². The van der Waals surface area contributed by atoms with Gasteiger partial charge in [0, 0.05) is 50.8 Å². The van der Waals surface area contributed by atoms with Crippen molar-refractivity contribution >= 4 is 17.4 Å². The van der Waals surface area contributed by atoms with Crippen molar-refractivity contribution in [1.82, 2.24) is 14.9 Å². The van der Waals surface area contributed by atoms with Gasteiger partial charge in [-0.25, -0.2) is 4.98 Å². The number of aryl methyl sites for hydroxylation is 1. The van der Waals surface area contributed by atoms with Gasteiger partial charge in [-0.1, -0.05) is 30.3 Å². The number of benzene rings is 1. The number of nitrogens with zero attached hydrogens (tertiary/aromatic N) is 4. The van der Waals surface area contributed by atoms with E-state index in [1.54, 1.807) is 12.4 Å². The maximum atomic E-state index is 12.9. The average molecular weight is 387 g/mol. The Labute approximate surface area is 171 Å². The second kappa shape index (κ2) is 8.73. The largest absolute Gasteiger partial charge is 0.381 e. The van der Waals surface area contributed by atoms with E-state index in [0.29, 0.717) is 25.3 Å². The molecule has 2 aromatic heterocycles. The number of carbonyl (C=O) groups excluding carboxylic acids is 1. The topological polar surface area (TPSA) is 61.4 Å². The molecule has 1 N–H and O–H groups in total. The van der Waals surface area contributed by atoms with Crippen LogP contribution in [0.2, 0.25) is 0 Å². The lowest BCUT2D eigenvalue weighted by Crippen LogP contribution is -2.49. The van der Waals surface area contributed by atoms with Gasteiger partial charge in [-0.3, -0.25) is 9.78 Å². The zero-order valence-electron chi connectivity index (χ0n) is 16.6. The highest BCUT2D eigenvalue weighted by Gasteiger charge is 2.23. The van der Waals surface area contributed by atoms with E-state index in [4.69, 9.17) is 0 Å². The van der Waals surface area contributed by atoms with Crippen LogP contribution < -0.4 is 10.2 Å². The Morgan fingerprint density at radius 3 is 2.52 bits per heavy atom. The summed E-state index contributed by atoms with van der Waals surface area (Å²) in [5.41, 5.74) is 3.86. The molecule has 0 aliphatic carbocycles. The number of pyridine rings is 2. The van der Waals surface area contributed by atoms with E-state index in [1.165, 1.54) is 11.1 Å². The van der Waals surface area contributed by atoms with Gasteiger partial charge in [-0.05, 0) is 42.3 Å². The van der Waals surface area contributed by atoms with Gasteiger partial charge in [0.15, 0.2) is 0 Å². The predicted octanol–water partition coefficient (Wildman–Crippen LogP) is 3.36. The Kier molecular flexibility index (Phi) is 5.70. The van der Waals surface area contributed by atoms with E-state index in [9.17, 15) is 4.79 Å². The number of rotatable bonds is 5. The molecular formula is C23H25N5O. The first-order valence-corrected chi connectivity index (χ1v) is 9.90. The van der Waals surface area contributed by atoms with Gasteiger partial charge in [0.2, 0.25) is 0 Å². The molecule has 0 saturated carbocycles. The number of piperazine rings is 1. The van der Waals surface area contributed by atoms with Gasteiger partial charge >= 0.3 is 0 Å². The molecule has 0 radical (unpaired) electrons. The van der Waals surface area contributed by atoms with Crippen molar-refractivity contribution in [2.24, 2.45) is 0 Å². The molecule has 0 bridgehead atoms. The molecule has 4 rings (SSSR count). The molecule has 0 unspecified atom stereocenters. The molecule has 1 fully saturated rings. The standard InChI is InChI=1S/C23H25N5O/c1-18-6-2-3-7-19(18)17-26-20-9-11-24-21(16-20)23(29)28-14-12-27(13-15-28)22-8-4-5-10-25-22/h2-11,16H,12-15,17H2,1H3,(H,24,26). The molecule has 148 valence electrons. The smallest absolute Gasteiger partial charge is 0.272 e. The summed E-state index contributed by atoms with van der Waals surface area (Å²) >= 11 is 0. The minimum atomic E-state index is -0.0230. The van der Waals surface area contributed by atoms with Crippen LogP contribution in [0.3, 0.4) is 0 Å². The molecule has 1 aliphatic heterocycles. The Hall–Kier alpha value is -3.41. The van der Waals surface area contributed by atoms with Crippen molar-refractivity contribution in [3.05, 3.63) is 83.8 Å². The summed E-state index contributed by atoms with van der Waals surface area (Å²) in [6, 6.07) is 17.9. The summed E-state index contributed by atoms with van der Waals surface area (Å²) < 4.78 is 0. The summed E-state index contributed by atoms with van der Waals surface area (Å²) in [5.74, 6) is 0.935. The summed E-state index contributed by atoms with van der Waals surface area (Å²) in [4.78, 5) is 25.7. The number of aromatic nitrogens is 2. The SMILES string of the molecule is Cc1ccccc1CNc1ccnc(C(=O)N2CCN(c3ccccn3)CC2)c1. The minimum absolute atomic E-state index is 0.0230. The fourth-order valence-corrected chi connectivity index (χ4v) is 3.50. The summed E-state index contributed by atoms with van der Waals surface area (Å²) in [6.45, 7) is 5.69. The Bertz CT molecular complexity index is 968. The quantitative estimate of drug-likeness (QED) is 0.727. The highest BCUT2D eigenvalue weighted by Crippen LogP contribution is 2.16. The van der Waals surface area contributed by atoms with Gasteiger partial charge in [-0.15, -0.1) is 0 Å². The van der Waals surface area contributed by atoms with Crippen LogP contribution in [-0.4, -0.2) is 47.0 Å². The maximum Gasteiger partial charge on any atom is 0.272 e. The fraction of sp³-hybridized carbons (Fsp3) is 0.261. The van der Waals surface area contributed by atoms with E-state index < -0.39 is 0 Å². The van der Waals surface area contributed by atoms with Gasteiger partial charge in [-0.2, -0.15) is 0 Å². The molecule has 0 spiro atoms.